The highest BCUT2D eigenvalue weighted by molar-refractivity contribution is 6.35. The maximum atomic E-state index is 12.8. The van der Waals surface area contributed by atoms with Crippen LogP contribution in [0.2, 0.25) is 0 Å². The van der Waals surface area contributed by atoms with Crippen molar-refractivity contribution >= 4 is 11.8 Å². The second-order valence-corrected chi connectivity index (χ2v) is 9.35. The van der Waals surface area contributed by atoms with Gasteiger partial charge in [-0.05, 0) is 62.5 Å². The zero-order valence-electron chi connectivity index (χ0n) is 18.3. The minimum absolute atomic E-state index is 0.452. The van der Waals surface area contributed by atoms with E-state index in [1.807, 2.05) is 60.7 Å². The molecule has 2 aliphatic carbocycles. The van der Waals surface area contributed by atoms with Gasteiger partial charge in [0.2, 0.25) is 0 Å². The molecule has 6 nitrogen and oxygen atoms in total. The highest BCUT2D eigenvalue weighted by Crippen LogP contribution is 2.37. The highest BCUT2D eigenvalue weighted by Gasteiger charge is 2.45. The van der Waals surface area contributed by atoms with Gasteiger partial charge < -0.3 is 20.8 Å². The van der Waals surface area contributed by atoms with Crippen molar-refractivity contribution < 1.29 is 19.8 Å². The van der Waals surface area contributed by atoms with E-state index in [1.165, 1.54) is 0 Å². The number of nitrogens with one attached hydrogen (secondary N) is 2. The fraction of sp³-hybridized carbons (Fsp3) is 0.462. The lowest BCUT2D eigenvalue weighted by Crippen LogP contribution is -2.62. The first-order chi connectivity index (χ1) is 15.4. The molecule has 6 heteroatoms. The first-order valence-electron chi connectivity index (χ1n) is 11.5. The van der Waals surface area contributed by atoms with Gasteiger partial charge in [-0.2, -0.15) is 0 Å². The minimum Gasteiger partial charge on any atom is -0.388 e. The fourth-order valence-corrected chi connectivity index (χ4v) is 4.67. The van der Waals surface area contributed by atoms with Crippen LogP contribution in [0.3, 0.4) is 0 Å². The van der Waals surface area contributed by atoms with Gasteiger partial charge in [0.15, 0.2) is 0 Å². The van der Waals surface area contributed by atoms with E-state index in [-0.39, 0.29) is 0 Å². The summed E-state index contributed by atoms with van der Waals surface area (Å²) in [4.78, 5) is 25.7. The lowest BCUT2D eigenvalue weighted by atomic mass is 9.72. The van der Waals surface area contributed by atoms with Gasteiger partial charge in [0.05, 0.1) is 23.3 Å². The molecule has 0 aromatic heterocycles. The molecule has 2 amide bonds. The highest BCUT2D eigenvalue weighted by atomic mass is 16.3. The van der Waals surface area contributed by atoms with Gasteiger partial charge in [-0.15, -0.1) is 0 Å². The Morgan fingerprint density at radius 3 is 1.31 bits per heavy atom. The Hall–Kier alpha value is -2.70. The number of hydrogen-bond acceptors (Lipinski definition) is 4. The first kappa shape index (κ1) is 22.5. The summed E-state index contributed by atoms with van der Waals surface area (Å²) >= 11 is 0. The van der Waals surface area contributed by atoms with Gasteiger partial charge in [-0.3, -0.25) is 9.59 Å². The fourth-order valence-electron chi connectivity index (χ4n) is 4.67. The summed E-state index contributed by atoms with van der Waals surface area (Å²) in [5.74, 6) is -1.54. The summed E-state index contributed by atoms with van der Waals surface area (Å²) in [5, 5.41) is 27.4. The van der Waals surface area contributed by atoms with E-state index < -0.39 is 35.1 Å². The van der Waals surface area contributed by atoms with Gasteiger partial charge >= 0.3 is 11.8 Å². The van der Waals surface area contributed by atoms with Crippen LogP contribution in [0.25, 0.3) is 0 Å². The molecule has 2 saturated carbocycles. The Morgan fingerprint density at radius 2 is 1.03 bits per heavy atom. The summed E-state index contributed by atoms with van der Waals surface area (Å²) in [6.45, 7) is 0. The van der Waals surface area contributed by atoms with Crippen molar-refractivity contribution in [3.63, 3.8) is 0 Å². The van der Waals surface area contributed by atoms with Crippen molar-refractivity contribution in [2.24, 2.45) is 0 Å². The maximum Gasteiger partial charge on any atom is 0.309 e. The second kappa shape index (κ2) is 9.43. The molecule has 2 fully saturated rings. The molecule has 170 valence electrons. The van der Waals surface area contributed by atoms with E-state index in [4.69, 9.17) is 0 Å². The molecule has 4 N–H and O–H groups in total. The Labute approximate surface area is 189 Å². The van der Waals surface area contributed by atoms with E-state index in [9.17, 15) is 19.8 Å². The lowest BCUT2D eigenvalue weighted by Gasteiger charge is -2.44. The molecular weight excluding hydrogens is 404 g/mol. The van der Waals surface area contributed by atoms with Crippen molar-refractivity contribution in [3.05, 3.63) is 71.8 Å². The molecule has 0 aliphatic heterocycles. The van der Waals surface area contributed by atoms with E-state index in [0.29, 0.717) is 38.5 Å². The van der Waals surface area contributed by atoms with Crippen molar-refractivity contribution in [2.45, 2.75) is 74.7 Å². The molecule has 32 heavy (non-hydrogen) atoms. The zero-order chi connectivity index (χ0) is 22.6. The van der Waals surface area contributed by atoms with E-state index in [0.717, 1.165) is 24.0 Å². The van der Waals surface area contributed by atoms with E-state index >= 15 is 0 Å². The van der Waals surface area contributed by atoms with E-state index in [1.54, 1.807) is 0 Å². The van der Waals surface area contributed by atoms with Crippen LogP contribution in [0.1, 0.15) is 49.7 Å². The van der Waals surface area contributed by atoms with Gasteiger partial charge in [0.1, 0.15) is 0 Å². The SMILES string of the molecule is O=C(NC(Cc1ccccc1)C1(O)CCC1)C(=O)NC(Cc1ccccc1)C1(O)CCC1. The average molecular weight is 437 g/mol. The number of rotatable bonds is 8. The van der Waals surface area contributed by atoms with Gasteiger partial charge in [0.25, 0.3) is 0 Å². The third kappa shape index (κ3) is 5.03. The molecule has 0 saturated heterocycles. The van der Waals surface area contributed by atoms with Crippen LogP contribution in [0, 0.1) is 0 Å². The Bertz CT molecular complexity index is 846. The summed E-state index contributed by atoms with van der Waals surface area (Å²) < 4.78 is 0. The lowest BCUT2D eigenvalue weighted by molar-refractivity contribution is -0.145. The molecule has 0 bridgehead atoms. The Kier molecular flexibility index (Phi) is 6.63. The third-order valence-corrected chi connectivity index (χ3v) is 7.12. The van der Waals surface area contributed by atoms with Gasteiger partial charge in [-0.25, -0.2) is 0 Å². The molecule has 0 heterocycles. The van der Waals surface area contributed by atoms with Crippen molar-refractivity contribution in [2.75, 3.05) is 0 Å². The second-order valence-electron chi connectivity index (χ2n) is 9.35. The molecule has 0 spiro atoms. The number of carbonyl (C=O) groups excluding carboxylic acids is 2. The number of benzene rings is 2. The van der Waals surface area contributed by atoms with Crippen LogP contribution < -0.4 is 10.6 Å². The quantitative estimate of drug-likeness (QED) is 0.477. The summed E-state index contributed by atoms with van der Waals surface area (Å²) in [5.41, 5.74) is -0.0171. The monoisotopic (exact) mass is 436 g/mol. The van der Waals surface area contributed by atoms with Crippen LogP contribution in [-0.4, -0.2) is 45.3 Å². The third-order valence-electron chi connectivity index (χ3n) is 7.12. The largest absolute Gasteiger partial charge is 0.388 e. The van der Waals surface area contributed by atoms with Crippen molar-refractivity contribution in [1.82, 2.24) is 10.6 Å². The molecular formula is C26H32N2O4. The normalized spacial score (nSPS) is 20.2. The molecule has 2 unspecified atom stereocenters. The summed E-state index contributed by atoms with van der Waals surface area (Å²) in [6, 6.07) is 18.2. The smallest absolute Gasteiger partial charge is 0.309 e. The van der Waals surface area contributed by atoms with Gasteiger partial charge in [0, 0.05) is 0 Å². The summed E-state index contributed by atoms with van der Waals surface area (Å²) in [7, 11) is 0. The van der Waals surface area contributed by atoms with Crippen LogP contribution >= 0.6 is 0 Å². The summed E-state index contributed by atoms with van der Waals surface area (Å²) in [6.07, 6.45) is 5.10. The Balaban J connectivity index is 1.43. The number of hydrogen-bond donors (Lipinski definition) is 4. The molecule has 2 aromatic carbocycles. The molecule has 0 radical (unpaired) electrons. The number of carbonyl (C=O) groups is 2. The molecule has 4 rings (SSSR count). The molecule has 2 aromatic rings. The van der Waals surface area contributed by atoms with Crippen LogP contribution in [0.5, 0.6) is 0 Å². The zero-order valence-corrected chi connectivity index (χ0v) is 18.3. The predicted molar refractivity (Wildman–Crippen MR) is 122 cm³/mol. The topological polar surface area (TPSA) is 98.7 Å². The van der Waals surface area contributed by atoms with Crippen LogP contribution in [-0.2, 0) is 22.4 Å². The van der Waals surface area contributed by atoms with E-state index in [2.05, 4.69) is 10.6 Å². The van der Waals surface area contributed by atoms with Gasteiger partial charge in [-0.1, -0.05) is 60.7 Å². The minimum atomic E-state index is -0.999. The predicted octanol–water partition coefficient (Wildman–Crippen LogP) is 2.27. The first-order valence-corrected chi connectivity index (χ1v) is 11.5. The number of aliphatic hydroxyl groups is 2. The average Bonchev–Trinajstić information content (AvgIpc) is 2.76. The standard InChI is InChI=1S/C26H32N2O4/c29-23(27-21(25(31)13-7-14-25)17-19-9-3-1-4-10-19)24(30)28-22(26(32)15-8-16-26)18-20-11-5-2-6-12-20/h1-6,9-12,21-22,31-32H,7-8,13-18H2,(H,27,29)(H,28,30). The number of amides is 2. The Morgan fingerprint density at radius 1 is 0.688 bits per heavy atom. The molecule has 2 atom stereocenters. The maximum absolute atomic E-state index is 12.8. The van der Waals surface area contributed by atoms with Crippen LogP contribution in [0.15, 0.2) is 60.7 Å². The van der Waals surface area contributed by atoms with Crippen LogP contribution in [0.4, 0.5) is 0 Å². The van der Waals surface area contributed by atoms with Crippen molar-refractivity contribution in [3.8, 4) is 0 Å². The van der Waals surface area contributed by atoms with Crippen molar-refractivity contribution in [1.29, 1.82) is 0 Å². The molecule has 2 aliphatic rings.